The number of carboxylic acids is 1. The molecule has 31 heteroatoms. The number of carboxylic acid groups (broad SMARTS) is 1. The van der Waals surface area contributed by atoms with Crippen LogP contribution in [0, 0.1) is 23.7 Å². The van der Waals surface area contributed by atoms with Crippen LogP contribution >= 0.6 is 24.8 Å². The van der Waals surface area contributed by atoms with E-state index in [-0.39, 0.29) is 80.3 Å². The number of nitrogens with two attached hydrogens (primary N) is 1. The molecule has 4 aliphatic heterocycles. The molecule has 0 spiro atoms. The minimum absolute atomic E-state index is 0. The van der Waals surface area contributed by atoms with Crippen molar-refractivity contribution in [2.24, 2.45) is 29.4 Å². The predicted octanol–water partition coefficient (Wildman–Crippen LogP) is 9.52. The third-order valence-corrected chi connectivity index (χ3v) is 27.0. The van der Waals surface area contributed by atoms with E-state index in [1.807, 2.05) is 109 Å². The van der Waals surface area contributed by atoms with Crippen LogP contribution in [0.1, 0.15) is 167 Å². The summed E-state index contributed by atoms with van der Waals surface area (Å²) in [4.78, 5) is 120. The number of nitrogens with zero attached hydrogens (tertiary/aromatic N) is 4. The molecule has 4 aromatic carbocycles. The van der Waals surface area contributed by atoms with E-state index >= 15 is 0 Å². The summed E-state index contributed by atoms with van der Waals surface area (Å²) in [6.07, 6.45) is 15.6. The van der Waals surface area contributed by atoms with Gasteiger partial charge in [-0.05, 0) is 138 Å². The van der Waals surface area contributed by atoms with Gasteiger partial charge in [-0.2, -0.15) is 0 Å². The van der Waals surface area contributed by atoms with E-state index in [0.717, 1.165) is 92.5 Å². The first-order chi connectivity index (χ1) is 53.4. The molecule has 0 bridgehead atoms. The van der Waals surface area contributed by atoms with Crippen LogP contribution in [-0.4, -0.2) is 174 Å². The SMILES string of the molecule is COc1ccc2c(O[C@@H]3C[C@H]4C(=O)N[C@]5(C(=O)NS(=O)(=O)C6CC6)CC5CCCCCC[C@H](N)C(=O)N4C3)cc(-c3ccccc3)nc2c1.COc1ccc2c(O[C@@H]3C[C@H]4C(=O)N[C@]5(C(=O)NS(=O)(=O)C6CC6)CC5CCCCCC[C@H](NC(=O)CC5CC5)C(=O)N4C3)cc(-c3ccccc3)nc2c1.Cl.Cl.O=C(O)CC1CC1. The van der Waals surface area contributed by atoms with Gasteiger partial charge in [0.15, 0.2) is 0 Å². The molecule has 6 heterocycles. The van der Waals surface area contributed by atoms with Crippen LogP contribution < -0.4 is 50.1 Å². The number of sulfonamides is 2. The summed E-state index contributed by atoms with van der Waals surface area (Å²) in [5, 5.41) is 17.3. The van der Waals surface area contributed by atoms with Gasteiger partial charge in [0.05, 0.1) is 66.3 Å². The summed E-state index contributed by atoms with van der Waals surface area (Å²) >= 11 is 0. The molecule has 6 saturated carbocycles. The van der Waals surface area contributed by atoms with E-state index in [1.54, 1.807) is 14.2 Å². The number of amides is 7. The smallest absolute Gasteiger partial charge is 0.303 e. The van der Waals surface area contributed by atoms with Gasteiger partial charge in [0.1, 0.15) is 64.4 Å². The van der Waals surface area contributed by atoms with Crippen molar-refractivity contribution in [3.8, 4) is 45.5 Å². The zero-order valence-corrected chi connectivity index (χ0v) is 66.9. The van der Waals surface area contributed by atoms with Crippen LogP contribution in [0.5, 0.6) is 23.0 Å². The topological polar surface area (TPSA) is 380 Å². The van der Waals surface area contributed by atoms with E-state index in [9.17, 15) is 55.2 Å². The first-order valence-corrected chi connectivity index (χ1v) is 42.5. The van der Waals surface area contributed by atoms with Gasteiger partial charge < -0.3 is 55.5 Å². The van der Waals surface area contributed by atoms with Crippen molar-refractivity contribution in [2.75, 3.05) is 27.3 Å². The molecule has 6 aromatic rings. The Hall–Kier alpha value is -8.90. The normalized spacial score (nSPS) is 26.5. The maximum atomic E-state index is 14.6. The second-order valence-corrected chi connectivity index (χ2v) is 35.9. The number of hydrogen-bond acceptors (Lipinski definition) is 19. The molecule has 2 unspecified atom stereocenters. The number of methoxy groups -OCH3 is 2. The predicted molar refractivity (Wildman–Crippen MR) is 427 cm³/mol. The van der Waals surface area contributed by atoms with Gasteiger partial charge in [-0.1, -0.05) is 112 Å². The lowest BCUT2D eigenvalue weighted by Crippen LogP contribution is -2.58. The zero-order chi connectivity index (χ0) is 77.9. The molecule has 0 radical (unpaired) electrons. The number of halogens is 2. The largest absolute Gasteiger partial charge is 0.497 e. The van der Waals surface area contributed by atoms with Gasteiger partial charge in [-0.15, -0.1) is 24.8 Å². The number of carbonyl (C=O) groups is 8. The first kappa shape index (κ1) is 83.5. The summed E-state index contributed by atoms with van der Waals surface area (Å²) in [6.45, 7) is 0.176. The van der Waals surface area contributed by atoms with Crippen LogP contribution in [0.2, 0.25) is 0 Å². The monoisotopic (exact) mass is 1630 g/mol. The lowest BCUT2D eigenvalue weighted by atomic mass is 10.0. The number of carbonyl (C=O) groups excluding carboxylic acids is 7. The number of aromatic nitrogens is 2. The molecular formula is C82H102Cl2N10O17S2. The summed E-state index contributed by atoms with van der Waals surface area (Å²) in [7, 11) is -4.49. The standard InChI is InChI=1S/C41H49N5O8S.C36H43N5O7S.C5H8O2.2ClH/c1-53-28-15-18-31-34(20-28)42-33(26-9-5-4-6-10-26)22-36(31)54-29-21-35-38(48)44-41(40(50)45-55(51,52)30-16-17-30)23-27(41)11-7-2-3-8-12-32(39(49)46(35)24-29)43-37(47)19-25-13-14-25;1-47-24-13-16-27-30(17-24)38-29(22-9-5-4-6-10-22)19-32(27)48-25-18-31-33(42)39-36(35(44)40-49(45,46)26-14-15-26)20-23(36)11-7-2-3-8-12-28(37)34(43)41(31)21-25;6-5(7)3-4-1-2-4;;/h4-6,9-10,15,18,20,22,25,27,29-30,32,35H,2-3,7-8,11-14,16-17,19,21,23-24H2,1H3,(H,43,47)(H,44,48)(H,45,50);4-6,9-10,13,16-17,19,23,25-26,28,31H,2-3,7-8,11-12,14-15,18,20-21,37H2,1H3,(H,39,42)(H,40,44);4H,1-3H2,(H,6,7);2*1H/t27?,29-,32+,35+,41-;23?,25-,28+,31+,36-;;;/m11.../s1. The molecule has 10 fully saturated rings. The molecule has 608 valence electrons. The molecule has 10 aliphatic rings. The first-order valence-electron chi connectivity index (χ1n) is 39.4. The second kappa shape index (κ2) is 35.5. The molecule has 16 rings (SSSR count). The number of ether oxygens (including phenoxy) is 4. The number of benzene rings is 4. The highest BCUT2D eigenvalue weighted by Crippen LogP contribution is 2.50. The van der Waals surface area contributed by atoms with E-state index < -0.39 is 108 Å². The van der Waals surface area contributed by atoms with Gasteiger partial charge in [-0.25, -0.2) is 26.8 Å². The Balaban J connectivity index is 0.000000190. The van der Waals surface area contributed by atoms with Crippen molar-refractivity contribution in [1.29, 1.82) is 0 Å². The van der Waals surface area contributed by atoms with E-state index in [2.05, 4.69) is 25.4 Å². The molecule has 10 atom stereocenters. The van der Waals surface area contributed by atoms with Crippen molar-refractivity contribution < 1.29 is 79.2 Å². The molecular weight excluding hydrogens is 1530 g/mol. The van der Waals surface area contributed by atoms with E-state index in [0.29, 0.717) is 141 Å². The number of nitrogens with one attached hydrogen (secondary N) is 5. The Bertz CT molecular complexity index is 4770. The fourth-order valence-corrected chi connectivity index (χ4v) is 18.9. The lowest BCUT2D eigenvalue weighted by molar-refractivity contribution is -0.142. The minimum Gasteiger partial charge on any atom is -0.497 e. The lowest BCUT2D eigenvalue weighted by Gasteiger charge is -2.30. The van der Waals surface area contributed by atoms with Gasteiger partial charge >= 0.3 is 5.97 Å². The summed E-state index contributed by atoms with van der Waals surface area (Å²) in [5.74, 6) is -1.22. The Morgan fingerprint density at radius 2 is 0.947 bits per heavy atom. The summed E-state index contributed by atoms with van der Waals surface area (Å²) < 4.78 is 80.1. The highest BCUT2D eigenvalue weighted by Gasteiger charge is 2.64. The van der Waals surface area contributed by atoms with Crippen LogP contribution in [0.4, 0.5) is 0 Å². The second-order valence-electron chi connectivity index (χ2n) is 31.9. The zero-order valence-electron chi connectivity index (χ0n) is 63.6. The summed E-state index contributed by atoms with van der Waals surface area (Å²) in [6, 6.07) is 30.6. The van der Waals surface area contributed by atoms with Crippen molar-refractivity contribution in [2.45, 2.75) is 225 Å². The quantitative estimate of drug-likeness (QED) is 0.0396. The Kier molecular flexibility index (Phi) is 26.2. The third-order valence-electron chi connectivity index (χ3n) is 23.4. The van der Waals surface area contributed by atoms with Crippen molar-refractivity contribution in [3.05, 3.63) is 109 Å². The van der Waals surface area contributed by atoms with Crippen LogP contribution in [0.3, 0.4) is 0 Å². The third kappa shape index (κ3) is 20.1. The van der Waals surface area contributed by atoms with Gasteiger partial charge in [0.25, 0.3) is 11.8 Å². The number of pyridine rings is 2. The molecule has 113 heavy (non-hydrogen) atoms. The fourth-order valence-electron chi connectivity index (χ4n) is 16.1. The Labute approximate surface area is 670 Å². The minimum atomic E-state index is -3.85. The number of rotatable bonds is 19. The Morgan fingerprint density at radius 3 is 1.35 bits per heavy atom. The van der Waals surface area contributed by atoms with Gasteiger partial charge in [0.2, 0.25) is 49.6 Å². The average Bonchev–Trinajstić information content (AvgIpc) is 1.55. The van der Waals surface area contributed by atoms with Crippen molar-refractivity contribution in [3.63, 3.8) is 0 Å². The van der Waals surface area contributed by atoms with Crippen molar-refractivity contribution in [1.82, 2.24) is 45.2 Å². The van der Waals surface area contributed by atoms with Crippen LogP contribution in [0.25, 0.3) is 44.3 Å². The number of hydrogen-bond donors (Lipinski definition) is 7. The molecule has 4 saturated heterocycles. The molecule has 7 amide bonds. The highest BCUT2D eigenvalue weighted by molar-refractivity contribution is 7.91. The number of fused-ring (bicyclic) bond motifs is 6. The van der Waals surface area contributed by atoms with Gasteiger partial charge in [0, 0.05) is 71.8 Å². The maximum absolute atomic E-state index is 14.6. The molecule has 8 N–H and O–H groups in total. The molecule has 6 aliphatic carbocycles. The highest BCUT2D eigenvalue weighted by atomic mass is 35.5. The molecule has 2 aromatic heterocycles. The average molecular weight is 1630 g/mol. The maximum Gasteiger partial charge on any atom is 0.303 e. The summed E-state index contributed by atoms with van der Waals surface area (Å²) in [5.41, 5.74) is 8.13. The number of aliphatic carboxylic acids is 1. The fraction of sp³-hybridized carbons (Fsp3) is 0.537. The Morgan fingerprint density at radius 1 is 0.531 bits per heavy atom. The molecule has 27 nitrogen and oxygen atoms in total. The van der Waals surface area contributed by atoms with E-state index in [4.69, 9.17) is 39.8 Å². The van der Waals surface area contributed by atoms with E-state index in [1.165, 1.54) is 9.80 Å². The van der Waals surface area contributed by atoms with Gasteiger partial charge in [-0.3, -0.25) is 47.8 Å². The van der Waals surface area contributed by atoms with Crippen LogP contribution in [-0.2, 0) is 58.4 Å². The van der Waals surface area contributed by atoms with Crippen LogP contribution in [0.15, 0.2) is 109 Å². The van der Waals surface area contributed by atoms with Crippen molar-refractivity contribution >= 4 is 114 Å².